The highest BCUT2D eigenvalue weighted by atomic mass is 35.5. The van der Waals surface area contributed by atoms with Crippen LogP contribution in [-0.4, -0.2) is 22.6 Å². The van der Waals surface area contributed by atoms with Crippen LogP contribution in [0.5, 0.6) is 0 Å². The average molecular weight is 383 g/mol. The van der Waals surface area contributed by atoms with Crippen LogP contribution in [-0.2, 0) is 13.0 Å². The van der Waals surface area contributed by atoms with E-state index in [1.807, 2.05) is 6.07 Å². The van der Waals surface area contributed by atoms with Crippen molar-refractivity contribution in [1.82, 2.24) is 9.97 Å². The maximum atomic E-state index is 6.16. The van der Waals surface area contributed by atoms with Gasteiger partial charge in [0, 0.05) is 36.1 Å². The van der Waals surface area contributed by atoms with Gasteiger partial charge >= 0.3 is 0 Å². The number of nitrogens with one attached hydrogen (secondary N) is 1. The van der Waals surface area contributed by atoms with E-state index in [2.05, 4.69) is 28.4 Å². The predicted octanol–water partition coefficient (Wildman–Crippen LogP) is 5.31. The Morgan fingerprint density at radius 3 is 2.63 bits per heavy atom. The molecule has 2 fully saturated rings. The molecule has 5 rings (SSSR count). The summed E-state index contributed by atoms with van der Waals surface area (Å²) < 4.78 is 0. The van der Waals surface area contributed by atoms with Crippen LogP contribution >= 0.6 is 11.6 Å². The van der Waals surface area contributed by atoms with Gasteiger partial charge in [-0.3, -0.25) is 0 Å². The molecule has 5 heteroatoms. The van der Waals surface area contributed by atoms with Crippen molar-refractivity contribution in [1.29, 1.82) is 0 Å². The molecule has 0 unspecified atom stereocenters. The fourth-order valence-corrected chi connectivity index (χ4v) is 4.61. The summed E-state index contributed by atoms with van der Waals surface area (Å²) in [4.78, 5) is 12.2. The van der Waals surface area contributed by atoms with Crippen LogP contribution in [0.3, 0.4) is 0 Å². The molecule has 2 saturated carbocycles. The van der Waals surface area contributed by atoms with Crippen molar-refractivity contribution in [3.05, 3.63) is 46.1 Å². The number of aromatic nitrogens is 2. The van der Waals surface area contributed by atoms with Gasteiger partial charge in [-0.1, -0.05) is 36.9 Å². The second kappa shape index (κ2) is 7.31. The molecule has 1 aromatic carbocycles. The molecular formula is C22H27ClN4. The summed E-state index contributed by atoms with van der Waals surface area (Å²) in [5.41, 5.74) is 3.95. The standard InChI is InChI=1S/C22H27ClN4/c23-18-9-8-17-14-27(11-10-16(17)12-18)21-13-20(15-6-7-15)25-22(26-21)24-19-4-2-1-3-5-19/h8-9,12-13,15,19H,1-7,10-11,14H2,(H,24,25,26). The van der Waals surface area contributed by atoms with Gasteiger partial charge in [-0.15, -0.1) is 0 Å². The van der Waals surface area contributed by atoms with Crippen LogP contribution in [0, 0.1) is 0 Å². The van der Waals surface area contributed by atoms with Gasteiger partial charge in [0.25, 0.3) is 0 Å². The Kier molecular flexibility index (Phi) is 4.68. The minimum Gasteiger partial charge on any atom is -0.352 e. The Labute approximate surface area is 166 Å². The average Bonchev–Trinajstić information content (AvgIpc) is 3.53. The predicted molar refractivity (Wildman–Crippen MR) is 111 cm³/mol. The molecule has 2 heterocycles. The fourth-order valence-electron chi connectivity index (χ4n) is 4.41. The van der Waals surface area contributed by atoms with Gasteiger partial charge in [0.1, 0.15) is 5.82 Å². The summed E-state index contributed by atoms with van der Waals surface area (Å²) in [7, 11) is 0. The third-order valence-electron chi connectivity index (χ3n) is 6.17. The lowest BCUT2D eigenvalue weighted by molar-refractivity contribution is 0.460. The van der Waals surface area contributed by atoms with Gasteiger partial charge in [0.05, 0.1) is 5.69 Å². The van der Waals surface area contributed by atoms with Crippen molar-refractivity contribution in [3.8, 4) is 0 Å². The SMILES string of the molecule is Clc1ccc2c(c1)CCN(c1cc(C3CC3)nc(NC3CCCCC3)n1)C2. The molecule has 1 N–H and O–H groups in total. The van der Waals surface area contributed by atoms with Crippen molar-refractivity contribution >= 4 is 23.4 Å². The van der Waals surface area contributed by atoms with Gasteiger partial charge in [0.2, 0.25) is 5.95 Å². The van der Waals surface area contributed by atoms with Crippen molar-refractivity contribution in [3.63, 3.8) is 0 Å². The topological polar surface area (TPSA) is 41.1 Å². The number of nitrogens with zero attached hydrogens (tertiary/aromatic N) is 3. The molecule has 0 atom stereocenters. The van der Waals surface area contributed by atoms with Crippen molar-refractivity contribution in [2.24, 2.45) is 0 Å². The molecule has 2 aliphatic carbocycles. The van der Waals surface area contributed by atoms with Crippen molar-refractivity contribution in [2.45, 2.75) is 69.9 Å². The Bertz CT molecular complexity index is 827. The number of halogens is 1. The lowest BCUT2D eigenvalue weighted by atomic mass is 9.96. The molecule has 1 aromatic heterocycles. The molecule has 3 aliphatic rings. The van der Waals surface area contributed by atoms with E-state index in [0.717, 1.165) is 36.3 Å². The summed E-state index contributed by atoms with van der Waals surface area (Å²) in [5, 5.41) is 4.48. The van der Waals surface area contributed by atoms with Crippen LogP contribution in [0.4, 0.5) is 11.8 Å². The molecule has 27 heavy (non-hydrogen) atoms. The Hall–Kier alpha value is -1.81. The summed E-state index contributed by atoms with van der Waals surface area (Å²) in [6, 6.07) is 9.03. The zero-order valence-corrected chi connectivity index (χ0v) is 16.5. The number of benzene rings is 1. The van der Waals surface area contributed by atoms with Crippen molar-refractivity contribution < 1.29 is 0 Å². The molecule has 0 saturated heterocycles. The monoisotopic (exact) mass is 382 g/mol. The summed E-state index contributed by atoms with van der Waals surface area (Å²) in [5.74, 6) is 2.54. The first kappa shape index (κ1) is 17.3. The van der Waals surface area contributed by atoms with Crippen LogP contribution in [0.1, 0.15) is 67.7 Å². The molecule has 0 spiro atoms. The molecule has 1 aliphatic heterocycles. The van der Waals surface area contributed by atoms with E-state index in [1.165, 1.54) is 61.8 Å². The first-order valence-electron chi connectivity index (χ1n) is 10.4. The maximum absolute atomic E-state index is 6.16. The van der Waals surface area contributed by atoms with Gasteiger partial charge in [-0.05, 0) is 55.4 Å². The summed E-state index contributed by atoms with van der Waals surface area (Å²) >= 11 is 6.16. The normalized spacial score (nSPS) is 20.4. The highest BCUT2D eigenvalue weighted by Gasteiger charge is 2.28. The number of hydrogen-bond donors (Lipinski definition) is 1. The van der Waals surface area contributed by atoms with Crippen LogP contribution in [0.15, 0.2) is 24.3 Å². The molecule has 0 amide bonds. The van der Waals surface area contributed by atoms with Crippen molar-refractivity contribution in [2.75, 3.05) is 16.8 Å². The van der Waals surface area contributed by atoms with Crippen LogP contribution in [0.2, 0.25) is 5.02 Å². The third-order valence-corrected chi connectivity index (χ3v) is 6.41. The van der Waals surface area contributed by atoms with E-state index in [0.29, 0.717) is 12.0 Å². The largest absolute Gasteiger partial charge is 0.352 e. The second-order valence-electron chi connectivity index (χ2n) is 8.31. The van der Waals surface area contributed by atoms with Gasteiger partial charge in [0.15, 0.2) is 0 Å². The Morgan fingerprint density at radius 2 is 1.81 bits per heavy atom. The maximum Gasteiger partial charge on any atom is 0.225 e. The quantitative estimate of drug-likeness (QED) is 0.777. The minimum absolute atomic E-state index is 0.533. The van der Waals surface area contributed by atoms with Crippen LogP contribution < -0.4 is 10.2 Å². The fraction of sp³-hybridized carbons (Fsp3) is 0.545. The number of hydrogen-bond acceptors (Lipinski definition) is 4. The Morgan fingerprint density at radius 1 is 0.963 bits per heavy atom. The molecular weight excluding hydrogens is 356 g/mol. The number of anilines is 2. The third kappa shape index (κ3) is 3.91. The first-order valence-corrected chi connectivity index (χ1v) is 10.8. The smallest absolute Gasteiger partial charge is 0.225 e. The first-order chi connectivity index (χ1) is 13.2. The second-order valence-corrected chi connectivity index (χ2v) is 8.75. The lowest BCUT2D eigenvalue weighted by Gasteiger charge is -2.31. The number of fused-ring (bicyclic) bond motifs is 1. The highest BCUT2D eigenvalue weighted by molar-refractivity contribution is 6.30. The van der Waals surface area contributed by atoms with Gasteiger partial charge in [-0.2, -0.15) is 4.98 Å². The van der Waals surface area contributed by atoms with E-state index in [-0.39, 0.29) is 0 Å². The van der Waals surface area contributed by atoms with E-state index in [4.69, 9.17) is 21.6 Å². The van der Waals surface area contributed by atoms with E-state index in [9.17, 15) is 0 Å². The molecule has 0 bridgehead atoms. The zero-order valence-electron chi connectivity index (χ0n) is 15.8. The zero-order chi connectivity index (χ0) is 18.2. The van der Waals surface area contributed by atoms with Gasteiger partial charge < -0.3 is 10.2 Å². The van der Waals surface area contributed by atoms with E-state index < -0.39 is 0 Å². The van der Waals surface area contributed by atoms with Crippen LogP contribution in [0.25, 0.3) is 0 Å². The summed E-state index contributed by atoms with van der Waals surface area (Å²) in [6.45, 7) is 1.88. The molecule has 142 valence electrons. The lowest BCUT2D eigenvalue weighted by Crippen LogP contribution is -2.32. The molecule has 0 radical (unpaired) electrons. The van der Waals surface area contributed by atoms with E-state index in [1.54, 1.807) is 0 Å². The minimum atomic E-state index is 0.533. The van der Waals surface area contributed by atoms with E-state index >= 15 is 0 Å². The molecule has 4 nitrogen and oxygen atoms in total. The summed E-state index contributed by atoms with van der Waals surface area (Å²) in [6.07, 6.45) is 10.0. The number of rotatable bonds is 4. The molecule has 2 aromatic rings. The Balaban J connectivity index is 1.40. The highest BCUT2D eigenvalue weighted by Crippen LogP contribution is 2.40. The van der Waals surface area contributed by atoms with Gasteiger partial charge in [-0.25, -0.2) is 4.98 Å².